The Balaban J connectivity index is 1.44. The second-order valence-electron chi connectivity index (χ2n) is 6.92. The molecular weight excluding hydrogens is 440 g/mol. The summed E-state index contributed by atoms with van der Waals surface area (Å²) in [7, 11) is 0. The predicted octanol–water partition coefficient (Wildman–Crippen LogP) is 2.69. The number of carbonyl (C=O) groups is 2. The van der Waals surface area contributed by atoms with Crippen molar-refractivity contribution in [2.24, 2.45) is 5.10 Å². The van der Waals surface area contributed by atoms with E-state index in [1.807, 2.05) is 0 Å². The fraction of sp³-hybridized carbons (Fsp3) is 0.286. The number of nitro groups is 1. The minimum atomic E-state index is -0.667. The molecule has 0 aromatic heterocycles. The highest BCUT2D eigenvalue weighted by molar-refractivity contribution is 6.32. The Labute approximate surface area is 188 Å². The zero-order chi connectivity index (χ0) is 22.9. The lowest BCUT2D eigenvalue weighted by Gasteiger charge is -2.11. The Morgan fingerprint density at radius 3 is 2.75 bits per heavy atom. The zero-order valence-corrected chi connectivity index (χ0v) is 17.7. The van der Waals surface area contributed by atoms with E-state index in [1.54, 1.807) is 24.3 Å². The number of nitro benzene ring substituents is 1. The maximum absolute atomic E-state index is 12.1. The first kappa shape index (κ1) is 23.2. The Kier molecular flexibility index (Phi) is 8.12. The first-order chi connectivity index (χ1) is 15.4. The highest BCUT2D eigenvalue weighted by Gasteiger charge is 2.17. The average Bonchev–Trinajstić information content (AvgIpc) is 3.31. The van der Waals surface area contributed by atoms with Gasteiger partial charge in [-0.1, -0.05) is 11.6 Å². The lowest BCUT2D eigenvalue weighted by atomic mass is 10.2. The minimum absolute atomic E-state index is 0.0553. The van der Waals surface area contributed by atoms with Crippen LogP contribution >= 0.6 is 11.6 Å². The van der Waals surface area contributed by atoms with Crippen molar-refractivity contribution in [2.45, 2.75) is 18.9 Å². The van der Waals surface area contributed by atoms with Gasteiger partial charge >= 0.3 is 0 Å². The maximum atomic E-state index is 12.1. The van der Waals surface area contributed by atoms with Crippen LogP contribution < -0.4 is 15.5 Å². The number of ether oxygens (including phenoxy) is 2. The zero-order valence-electron chi connectivity index (χ0n) is 17.0. The number of benzene rings is 2. The Hall–Kier alpha value is -3.50. The summed E-state index contributed by atoms with van der Waals surface area (Å²) in [5.74, 6) is -0.335. The van der Waals surface area contributed by atoms with E-state index >= 15 is 0 Å². The molecule has 10 nitrogen and oxygen atoms in total. The van der Waals surface area contributed by atoms with Gasteiger partial charge in [0.15, 0.2) is 6.61 Å². The second kappa shape index (κ2) is 11.2. The van der Waals surface area contributed by atoms with Gasteiger partial charge in [0.2, 0.25) is 0 Å². The minimum Gasteiger partial charge on any atom is -0.484 e. The van der Waals surface area contributed by atoms with E-state index in [-0.39, 0.29) is 34.9 Å². The van der Waals surface area contributed by atoms with Gasteiger partial charge in [0.25, 0.3) is 17.5 Å². The van der Waals surface area contributed by atoms with Crippen LogP contribution in [0.15, 0.2) is 47.6 Å². The molecule has 0 bridgehead atoms. The fourth-order valence-electron chi connectivity index (χ4n) is 2.91. The summed E-state index contributed by atoms with van der Waals surface area (Å²) in [6, 6.07) is 10.4. The van der Waals surface area contributed by atoms with Crippen LogP contribution in [0.2, 0.25) is 5.02 Å². The van der Waals surface area contributed by atoms with Gasteiger partial charge < -0.3 is 14.8 Å². The van der Waals surface area contributed by atoms with Crippen LogP contribution in [0.25, 0.3) is 0 Å². The van der Waals surface area contributed by atoms with Gasteiger partial charge in [-0.3, -0.25) is 19.7 Å². The molecule has 2 aromatic carbocycles. The molecule has 1 saturated heterocycles. The summed E-state index contributed by atoms with van der Waals surface area (Å²) in [6.45, 7) is 1.11. The van der Waals surface area contributed by atoms with E-state index in [0.29, 0.717) is 17.9 Å². The molecule has 0 unspecified atom stereocenters. The van der Waals surface area contributed by atoms with Gasteiger partial charge in [-0.15, -0.1) is 0 Å². The normalized spacial score (nSPS) is 15.5. The van der Waals surface area contributed by atoms with E-state index in [4.69, 9.17) is 21.1 Å². The largest absolute Gasteiger partial charge is 0.484 e. The fourth-order valence-corrected chi connectivity index (χ4v) is 3.09. The van der Waals surface area contributed by atoms with Gasteiger partial charge in [-0.2, -0.15) is 5.10 Å². The first-order valence-electron chi connectivity index (χ1n) is 9.81. The molecule has 1 atom stereocenters. The van der Waals surface area contributed by atoms with Crippen LogP contribution in [0.3, 0.4) is 0 Å². The van der Waals surface area contributed by atoms with Crippen molar-refractivity contribution in [1.29, 1.82) is 0 Å². The first-order valence-corrected chi connectivity index (χ1v) is 10.2. The number of amides is 2. The summed E-state index contributed by atoms with van der Waals surface area (Å²) in [5.41, 5.74) is 2.66. The van der Waals surface area contributed by atoms with Gasteiger partial charge in [0.05, 0.1) is 17.2 Å². The lowest BCUT2D eigenvalue weighted by Crippen LogP contribution is -2.35. The summed E-state index contributed by atoms with van der Waals surface area (Å²) < 4.78 is 10.9. The Bertz CT molecular complexity index is 1010. The quantitative estimate of drug-likeness (QED) is 0.336. The van der Waals surface area contributed by atoms with E-state index in [1.165, 1.54) is 18.3 Å². The molecule has 168 valence electrons. The van der Waals surface area contributed by atoms with Crippen LogP contribution in [0.5, 0.6) is 5.75 Å². The summed E-state index contributed by atoms with van der Waals surface area (Å²) in [6.07, 6.45) is 3.44. The number of halogens is 1. The standard InChI is InChI=1S/C21H21ClN4O6/c22-18-8-5-15(10-19(18)26(29)30)21(28)25-24-11-14-3-6-16(7-4-14)32-13-20(27)23-12-17-2-1-9-31-17/h3-8,10-11,17H,1-2,9,12-13H2,(H,23,27)(H,25,28)/b24-11-/t17-/m0/s1. The highest BCUT2D eigenvalue weighted by atomic mass is 35.5. The van der Waals surface area contributed by atoms with Crippen LogP contribution in [-0.2, 0) is 9.53 Å². The Morgan fingerprint density at radius 2 is 2.06 bits per heavy atom. The van der Waals surface area contributed by atoms with Crippen molar-refractivity contribution in [3.05, 3.63) is 68.7 Å². The molecule has 1 aliphatic heterocycles. The van der Waals surface area contributed by atoms with Gasteiger partial charge in [-0.05, 0) is 54.8 Å². The predicted molar refractivity (Wildman–Crippen MR) is 117 cm³/mol. The molecule has 2 N–H and O–H groups in total. The van der Waals surface area contributed by atoms with Crippen LogP contribution in [0.4, 0.5) is 5.69 Å². The van der Waals surface area contributed by atoms with E-state index < -0.39 is 10.8 Å². The van der Waals surface area contributed by atoms with Crippen LogP contribution in [-0.4, -0.2) is 48.8 Å². The SMILES string of the molecule is O=C(COc1ccc(/C=N\NC(=O)c2ccc(Cl)c([N+](=O)[O-])c2)cc1)NC[C@@H]1CCCO1. The molecular formula is C21H21ClN4O6. The number of hydrogen-bond acceptors (Lipinski definition) is 7. The van der Waals surface area contributed by atoms with E-state index in [2.05, 4.69) is 15.8 Å². The summed E-state index contributed by atoms with van der Waals surface area (Å²) in [4.78, 5) is 34.2. The maximum Gasteiger partial charge on any atom is 0.288 e. The number of hydrogen-bond donors (Lipinski definition) is 2. The van der Waals surface area contributed by atoms with Gasteiger partial charge in [0, 0.05) is 24.8 Å². The molecule has 1 aliphatic rings. The molecule has 32 heavy (non-hydrogen) atoms. The summed E-state index contributed by atoms with van der Waals surface area (Å²) in [5, 5.41) is 17.5. The van der Waals surface area contributed by atoms with Crippen molar-refractivity contribution in [1.82, 2.24) is 10.7 Å². The molecule has 1 fully saturated rings. The van der Waals surface area contributed by atoms with Crippen LogP contribution in [0, 0.1) is 10.1 Å². The molecule has 11 heteroatoms. The number of hydrazone groups is 1. The lowest BCUT2D eigenvalue weighted by molar-refractivity contribution is -0.384. The molecule has 0 radical (unpaired) electrons. The molecule has 2 aromatic rings. The average molecular weight is 461 g/mol. The topological polar surface area (TPSA) is 132 Å². The summed E-state index contributed by atoms with van der Waals surface area (Å²) >= 11 is 5.73. The number of nitrogens with one attached hydrogen (secondary N) is 2. The second-order valence-corrected chi connectivity index (χ2v) is 7.33. The monoisotopic (exact) mass is 460 g/mol. The molecule has 0 spiro atoms. The highest BCUT2D eigenvalue weighted by Crippen LogP contribution is 2.25. The number of rotatable bonds is 9. The smallest absolute Gasteiger partial charge is 0.288 e. The Morgan fingerprint density at radius 1 is 1.28 bits per heavy atom. The van der Waals surface area contributed by atoms with Crippen LogP contribution in [0.1, 0.15) is 28.8 Å². The van der Waals surface area contributed by atoms with Gasteiger partial charge in [0.1, 0.15) is 10.8 Å². The molecule has 1 heterocycles. The van der Waals surface area contributed by atoms with E-state index in [0.717, 1.165) is 25.5 Å². The van der Waals surface area contributed by atoms with Crippen molar-refractivity contribution < 1.29 is 24.0 Å². The van der Waals surface area contributed by atoms with Crippen molar-refractivity contribution >= 4 is 35.3 Å². The third kappa shape index (κ3) is 6.76. The van der Waals surface area contributed by atoms with Crippen molar-refractivity contribution in [3.8, 4) is 5.75 Å². The third-order valence-electron chi connectivity index (χ3n) is 4.59. The molecule has 2 amide bonds. The number of carbonyl (C=O) groups excluding carboxylic acids is 2. The third-order valence-corrected chi connectivity index (χ3v) is 4.91. The van der Waals surface area contributed by atoms with Crippen molar-refractivity contribution in [3.63, 3.8) is 0 Å². The van der Waals surface area contributed by atoms with Gasteiger partial charge in [-0.25, -0.2) is 5.43 Å². The molecule has 3 rings (SSSR count). The van der Waals surface area contributed by atoms with Crippen molar-refractivity contribution in [2.75, 3.05) is 19.8 Å². The molecule has 0 aliphatic carbocycles. The molecule has 0 saturated carbocycles. The van der Waals surface area contributed by atoms with E-state index in [9.17, 15) is 19.7 Å². The number of nitrogens with zero attached hydrogens (tertiary/aromatic N) is 2.